The van der Waals surface area contributed by atoms with E-state index in [2.05, 4.69) is 16.8 Å². The van der Waals surface area contributed by atoms with Crippen LogP contribution in [-0.2, 0) is 7.05 Å². The minimum absolute atomic E-state index is 0.220. The fourth-order valence-electron chi connectivity index (χ4n) is 2.37. The molecular formula is C20H14Cl2N2O2. The Morgan fingerprint density at radius 2 is 1.81 bits per heavy atom. The van der Waals surface area contributed by atoms with Gasteiger partial charge < -0.3 is 9.30 Å². The maximum Gasteiger partial charge on any atom is 0.212 e. The van der Waals surface area contributed by atoms with Crippen LogP contribution >= 0.6 is 23.2 Å². The van der Waals surface area contributed by atoms with Gasteiger partial charge in [0.2, 0.25) is 5.78 Å². The molecule has 2 aromatic carbocycles. The van der Waals surface area contributed by atoms with Gasteiger partial charge in [0.25, 0.3) is 0 Å². The van der Waals surface area contributed by atoms with Crippen molar-refractivity contribution in [2.75, 3.05) is 7.11 Å². The van der Waals surface area contributed by atoms with E-state index in [1.54, 1.807) is 43.3 Å². The van der Waals surface area contributed by atoms with E-state index in [9.17, 15) is 4.79 Å². The lowest BCUT2D eigenvalue weighted by Crippen LogP contribution is -2.09. The Kier molecular flexibility index (Phi) is 5.32. The molecule has 0 N–H and O–H groups in total. The van der Waals surface area contributed by atoms with E-state index < -0.39 is 0 Å². The van der Waals surface area contributed by atoms with Crippen molar-refractivity contribution in [1.82, 2.24) is 9.55 Å². The van der Waals surface area contributed by atoms with E-state index in [0.29, 0.717) is 27.0 Å². The normalized spacial score (nSPS) is 10.2. The smallest absolute Gasteiger partial charge is 0.212 e. The van der Waals surface area contributed by atoms with Crippen LogP contribution in [0.25, 0.3) is 0 Å². The van der Waals surface area contributed by atoms with Gasteiger partial charge in [-0.2, -0.15) is 0 Å². The molecule has 0 bridgehead atoms. The maximum absolute atomic E-state index is 12.9. The summed E-state index contributed by atoms with van der Waals surface area (Å²) in [5, 5.41) is 0.721. The number of carbonyl (C=O) groups excluding carboxylic acids is 1. The van der Waals surface area contributed by atoms with Gasteiger partial charge in [-0.15, -0.1) is 0 Å². The van der Waals surface area contributed by atoms with Crippen molar-refractivity contribution in [2.45, 2.75) is 0 Å². The number of aromatic nitrogens is 2. The van der Waals surface area contributed by atoms with Gasteiger partial charge in [-0.25, -0.2) is 4.98 Å². The Morgan fingerprint density at radius 1 is 1.08 bits per heavy atom. The van der Waals surface area contributed by atoms with Gasteiger partial charge in [-0.05, 0) is 48.4 Å². The lowest BCUT2D eigenvalue weighted by atomic mass is 10.1. The second kappa shape index (κ2) is 7.65. The van der Waals surface area contributed by atoms with Crippen molar-refractivity contribution in [3.05, 3.63) is 81.4 Å². The van der Waals surface area contributed by atoms with Gasteiger partial charge in [0.05, 0.1) is 23.5 Å². The molecule has 4 nitrogen and oxygen atoms in total. The first kappa shape index (κ1) is 18.1. The molecule has 0 fully saturated rings. The highest BCUT2D eigenvalue weighted by Gasteiger charge is 2.18. The first-order valence-corrected chi connectivity index (χ1v) is 8.42. The quantitative estimate of drug-likeness (QED) is 0.497. The summed E-state index contributed by atoms with van der Waals surface area (Å²) in [4.78, 5) is 17.1. The van der Waals surface area contributed by atoms with Crippen LogP contribution in [0.3, 0.4) is 0 Å². The third-order valence-electron chi connectivity index (χ3n) is 3.75. The lowest BCUT2D eigenvalue weighted by molar-refractivity contribution is 0.103. The molecule has 0 spiro atoms. The number of methoxy groups -OCH3 is 1. The number of hydrogen-bond donors (Lipinski definition) is 0. The van der Waals surface area contributed by atoms with Crippen molar-refractivity contribution < 1.29 is 9.53 Å². The molecule has 3 aromatic rings. The molecule has 0 aliphatic carbocycles. The molecule has 6 heteroatoms. The van der Waals surface area contributed by atoms with Gasteiger partial charge in [0.1, 0.15) is 17.1 Å². The van der Waals surface area contributed by atoms with Gasteiger partial charge in [-0.3, -0.25) is 4.79 Å². The summed E-state index contributed by atoms with van der Waals surface area (Å²) < 4.78 is 6.77. The van der Waals surface area contributed by atoms with E-state index in [-0.39, 0.29) is 5.78 Å². The monoisotopic (exact) mass is 384 g/mol. The molecule has 0 unspecified atom stereocenters. The molecule has 3 rings (SSSR count). The highest BCUT2D eigenvalue weighted by molar-refractivity contribution is 6.42. The van der Waals surface area contributed by atoms with Crippen LogP contribution in [0.5, 0.6) is 5.75 Å². The summed E-state index contributed by atoms with van der Waals surface area (Å²) in [5.74, 6) is 6.51. The number of carbonyl (C=O) groups is 1. The van der Waals surface area contributed by atoms with Crippen molar-refractivity contribution in [3.8, 4) is 17.6 Å². The van der Waals surface area contributed by atoms with Crippen LogP contribution in [0.2, 0.25) is 10.0 Å². The van der Waals surface area contributed by atoms with Crippen molar-refractivity contribution in [3.63, 3.8) is 0 Å². The van der Waals surface area contributed by atoms with Crippen LogP contribution < -0.4 is 4.74 Å². The predicted octanol–water partition coefficient (Wildman–Crippen LogP) is 4.37. The third-order valence-corrected chi connectivity index (χ3v) is 4.49. The Hall–Kier alpha value is -2.74. The Balaban J connectivity index is 1.95. The molecule has 0 radical (unpaired) electrons. The summed E-state index contributed by atoms with van der Waals surface area (Å²) in [7, 11) is 3.35. The number of aryl methyl sites for hydroxylation is 1. The summed E-state index contributed by atoms with van der Waals surface area (Å²) in [6, 6.07) is 12.1. The number of halogens is 2. The Labute approximate surface area is 161 Å². The molecule has 1 heterocycles. The van der Waals surface area contributed by atoms with E-state index in [0.717, 1.165) is 11.3 Å². The number of nitrogens with zero attached hydrogens (tertiary/aromatic N) is 2. The molecule has 26 heavy (non-hydrogen) atoms. The maximum atomic E-state index is 12.9. The molecule has 0 aliphatic heterocycles. The van der Waals surface area contributed by atoms with Crippen molar-refractivity contribution >= 4 is 29.0 Å². The number of hydrogen-bond acceptors (Lipinski definition) is 3. The highest BCUT2D eigenvalue weighted by atomic mass is 35.5. The number of benzene rings is 2. The lowest BCUT2D eigenvalue weighted by Gasteiger charge is -2.04. The first-order valence-electron chi connectivity index (χ1n) is 7.66. The summed E-state index contributed by atoms with van der Waals surface area (Å²) in [6.45, 7) is 0. The number of ether oxygens (including phenoxy) is 1. The molecule has 130 valence electrons. The molecular weight excluding hydrogens is 371 g/mol. The highest BCUT2D eigenvalue weighted by Crippen LogP contribution is 2.24. The van der Waals surface area contributed by atoms with E-state index in [1.807, 2.05) is 24.3 Å². The average Bonchev–Trinajstić information content (AvgIpc) is 3.02. The predicted molar refractivity (Wildman–Crippen MR) is 102 cm³/mol. The van der Waals surface area contributed by atoms with Gasteiger partial charge in [0, 0.05) is 18.2 Å². The minimum atomic E-state index is -0.220. The topological polar surface area (TPSA) is 44.1 Å². The van der Waals surface area contributed by atoms with Crippen LogP contribution in [0.1, 0.15) is 27.3 Å². The summed E-state index contributed by atoms with van der Waals surface area (Å²) >= 11 is 11.9. The first-order chi connectivity index (χ1) is 12.5. The average molecular weight is 385 g/mol. The van der Waals surface area contributed by atoms with E-state index >= 15 is 0 Å². The minimum Gasteiger partial charge on any atom is -0.497 e. The molecule has 0 saturated heterocycles. The van der Waals surface area contributed by atoms with E-state index in [1.165, 1.54) is 0 Å². The van der Waals surface area contributed by atoms with E-state index in [4.69, 9.17) is 27.9 Å². The van der Waals surface area contributed by atoms with Gasteiger partial charge in [-0.1, -0.05) is 29.1 Å². The molecule has 1 aromatic heterocycles. The van der Waals surface area contributed by atoms with Crippen LogP contribution in [0.4, 0.5) is 0 Å². The van der Waals surface area contributed by atoms with Crippen LogP contribution in [0, 0.1) is 11.8 Å². The largest absolute Gasteiger partial charge is 0.497 e. The number of rotatable bonds is 3. The molecule has 0 amide bonds. The van der Waals surface area contributed by atoms with Crippen molar-refractivity contribution in [1.29, 1.82) is 0 Å². The SMILES string of the molecule is COc1ccc(C#Cc2ncn(C)c2C(=O)c2ccc(Cl)c(Cl)c2)cc1. The zero-order valence-electron chi connectivity index (χ0n) is 14.1. The fourth-order valence-corrected chi connectivity index (χ4v) is 2.67. The van der Waals surface area contributed by atoms with Crippen LogP contribution in [0.15, 0.2) is 48.8 Å². The van der Waals surface area contributed by atoms with Gasteiger partial charge in [0.15, 0.2) is 0 Å². The van der Waals surface area contributed by atoms with Gasteiger partial charge >= 0.3 is 0 Å². The summed E-state index contributed by atoms with van der Waals surface area (Å²) in [5.41, 5.74) is 2.02. The standard InChI is InChI=1S/C20H14Cl2N2O2/c1-24-12-23-18(10-5-13-3-7-15(26-2)8-4-13)19(24)20(25)14-6-9-16(21)17(22)11-14/h3-4,6-9,11-12H,1-2H3. The Bertz CT molecular complexity index is 1030. The second-order valence-electron chi connectivity index (χ2n) is 5.49. The summed E-state index contributed by atoms with van der Waals surface area (Å²) in [6.07, 6.45) is 1.56. The zero-order chi connectivity index (χ0) is 18.7. The van der Waals surface area contributed by atoms with Crippen LogP contribution in [-0.4, -0.2) is 22.4 Å². The fraction of sp³-hybridized carbons (Fsp3) is 0.100. The molecule has 0 aliphatic rings. The Morgan fingerprint density at radius 3 is 2.46 bits per heavy atom. The van der Waals surface area contributed by atoms with Crippen molar-refractivity contribution in [2.24, 2.45) is 7.05 Å². The molecule has 0 atom stereocenters. The zero-order valence-corrected chi connectivity index (χ0v) is 15.6. The molecule has 0 saturated carbocycles. The third kappa shape index (κ3) is 3.75. The second-order valence-corrected chi connectivity index (χ2v) is 6.30. The number of ketones is 1. The number of imidazole rings is 1.